The van der Waals surface area contributed by atoms with E-state index < -0.39 is 29.8 Å². The lowest BCUT2D eigenvalue weighted by atomic mass is 9.95. The Hall–Kier alpha value is -3.17. The first kappa shape index (κ1) is 22.5. The maximum Gasteiger partial charge on any atom is 0.313 e. The zero-order valence-corrected chi connectivity index (χ0v) is 17.6. The van der Waals surface area contributed by atoms with Crippen molar-refractivity contribution in [1.29, 1.82) is 0 Å². The van der Waals surface area contributed by atoms with Crippen LogP contribution in [0.15, 0.2) is 18.2 Å². The van der Waals surface area contributed by atoms with E-state index in [1.165, 1.54) is 19.9 Å². The summed E-state index contributed by atoms with van der Waals surface area (Å²) in [7, 11) is 0. The maximum atomic E-state index is 14.8. The number of anilines is 1. The molecular formula is C21H26FN3O6. The number of piperazine rings is 1. The fourth-order valence-corrected chi connectivity index (χ4v) is 3.76. The third-order valence-corrected chi connectivity index (χ3v) is 5.39. The molecule has 2 amide bonds. The van der Waals surface area contributed by atoms with Crippen molar-refractivity contribution in [2.24, 2.45) is 0 Å². The molecule has 168 valence electrons. The van der Waals surface area contributed by atoms with Gasteiger partial charge in [0.15, 0.2) is 6.61 Å². The summed E-state index contributed by atoms with van der Waals surface area (Å²) in [6.45, 7) is 4.22. The SMILES string of the molecule is CC(=O)NCC1C[C@H](c2ccc(N3CCN(C(=O)COC(C)=O)CC3)c(F)c2)C(=O)O1. The van der Waals surface area contributed by atoms with Crippen LogP contribution in [0.3, 0.4) is 0 Å². The summed E-state index contributed by atoms with van der Waals surface area (Å²) in [6.07, 6.45) is -0.0529. The lowest BCUT2D eigenvalue weighted by Crippen LogP contribution is -2.50. The molecular weight excluding hydrogens is 409 g/mol. The number of hydrogen-bond acceptors (Lipinski definition) is 7. The first-order valence-corrected chi connectivity index (χ1v) is 10.1. The van der Waals surface area contributed by atoms with Gasteiger partial charge in [-0.2, -0.15) is 0 Å². The molecule has 2 atom stereocenters. The molecule has 0 spiro atoms. The van der Waals surface area contributed by atoms with Crippen molar-refractivity contribution >= 4 is 29.4 Å². The average Bonchev–Trinajstić information content (AvgIpc) is 3.11. The Kier molecular flexibility index (Phi) is 7.09. The normalized spacial score (nSPS) is 20.9. The number of cyclic esters (lactones) is 1. The second kappa shape index (κ2) is 9.76. The molecule has 2 aliphatic heterocycles. The highest BCUT2D eigenvalue weighted by atomic mass is 19.1. The van der Waals surface area contributed by atoms with E-state index in [1.54, 1.807) is 17.0 Å². The van der Waals surface area contributed by atoms with Crippen LogP contribution in [0, 0.1) is 5.82 Å². The molecule has 1 aromatic rings. The second-order valence-electron chi connectivity index (χ2n) is 7.64. The van der Waals surface area contributed by atoms with Crippen molar-refractivity contribution in [1.82, 2.24) is 10.2 Å². The minimum Gasteiger partial charge on any atom is -0.460 e. The van der Waals surface area contributed by atoms with Crippen molar-refractivity contribution in [3.63, 3.8) is 0 Å². The largest absolute Gasteiger partial charge is 0.460 e. The topological polar surface area (TPSA) is 105 Å². The van der Waals surface area contributed by atoms with Gasteiger partial charge in [-0.25, -0.2) is 4.39 Å². The smallest absolute Gasteiger partial charge is 0.313 e. The Morgan fingerprint density at radius 1 is 1.19 bits per heavy atom. The number of hydrogen-bond donors (Lipinski definition) is 1. The number of carbonyl (C=O) groups is 4. The molecule has 10 heteroatoms. The quantitative estimate of drug-likeness (QED) is 0.652. The number of benzene rings is 1. The molecule has 9 nitrogen and oxygen atoms in total. The molecule has 31 heavy (non-hydrogen) atoms. The van der Waals surface area contributed by atoms with Crippen molar-refractivity contribution < 1.29 is 33.0 Å². The second-order valence-corrected chi connectivity index (χ2v) is 7.64. The Morgan fingerprint density at radius 3 is 2.52 bits per heavy atom. The number of nitrogens with zero attached hydrogens (tertiary/aromatic N) is 2. The Bertz CT molecular complexity index is 869. The van der Waals surface area contributed by atoms with Crippen molar-refractivity contribution in [2.75, 3.05) is 44.2 Å². The summed E-state index contributed by atoms with van der Waals surface area (Å²) in [6, 6.07) is 4.69. The van der Waals surface area contributed by atoms with E-state index in [0.717, 1.165) is 0 Å². The summed E-state index contributed by atoms with van der Waals surface area (Å²) >= 11 is 0. The average molecular weight is 435 g/mol. The highest BCUT2D eigenvalue weighted by molar-refractivity contribution is 5.81. The predicted octanol–water partition coefficient (Wildman–Crippen LogP) is 0.573. The fourth-order valence-electron chi connectivity index (χ4n) is 3.76. The van der Waals surface area contributed by atoms with Gasteiger partial charge in [-0.3, -0.25) is 19.2 Å². The minimum atomic E-state index is -0.571. The number of nitrogens with one attached hydrogen (secondary N) is 1. The monoisotopic (exact) mass is 435 g/mol. The molecule has 0 bridgehead atoms. The lowest BCUT2D eigenvalue weighted by molar-refractivity contribution is -0.150. The maximum absolute atomic E-state index is 14.8. The van der Waals surface area contributed by atoms with Crippen LogP contribution < -0.4 is 10.2 Å². The first-order valence-electron chi connectivity index (χ1n) is 10.1. The number of esters is 2. The molecule has 0 radical (unpaired) electrons. The van der Waals surface area contributed by atoms with Crippen molar-refractivity contribution in [2.45, 2.75) is 32.3 Å². The zero-order valence-electron chi connectivity index (χ0n) is 17.6. The van der Waals surface area contributed by atoms with Gasteiger partial charge in [0.1, 0.15) is 11.9 Å². The van der Waals surface area contributed by atoms with Crippen LogP contribution in [-0.2, 0) is 28.7 Å². The van der Waals surface area contributed by atoms with Crippen molar-refractivity contribution in [3.05, 3.63) is 29.6 Å². The lowest BCUT2D eigenvalue weighted by Gasteiger charge is -2.36. The van der Waals surface area contributed by atoms with Crippen LogP contribution >= 0.6 is 0 Å². The van der Waals surface area contributed by atoms with E-state index in [2.05, 4.69) is 5.32 Å². The Balaban J connectivity index is 1.58. The van der Waals surface area contributed by atoms with E-state index in [4.69, 9.17) is 9.47 Å². The molecule has 0 aliphatic carbocycles. The third-order valence-electron chi connectivity index (χ3n) is 5.39. The van der Waals surface area contributed by atoms with Gasteiger partial charge in [0.05, 0.1) is 18.2 Å². The van der Waals surface area contributed by atoms with Gasteiger partial charge in [-0.05, 0) is 17.7 Å². The summed E-state index contributed by atoms with van der Waals surface area (Å²) in [5.41, 5.74) is 0.934. The molecule has 0 saturated carbocycles. The molecule has 2 fully saturated rings. The van der Waals surface area contributed by atoms with E-state index in [-0.39, 0.29) is 25.0 Å². The Morgan fingerprint density at radius 2 is 1.90 bits per heavy atom. The number of amides is 2. The third kappa shape index (κ3) is 5.71. The van der Waals surface area contributed by atoms with Crippen LogP contribution in [0.5, 0.6) is 0 Å². The van der Waals surface area contributed by atoms with Crippen LogP contribution in [-0.4, -0.2) is 74.1 Å². The number of ether oxygens (including phenoxy) is 2. The zero-order chi connectivity index (χ0) is 22.5. The highest BCUT2D eigenvalue weighted by Crippen LogP contribution is 2.33. The van der Waals surface area contributed by atoms with E-state index in [9.17, 15) is 23.6 Å². The Labute approximate surface area is 179 Å². The molecule has 1 aromatic carbocycles. The van der Waals surface area contributed by atoms with Gasteiger partial charge in [0, 0.05) is 46.4 Å². The van der Waals surface area contributed by atoms with Gasteiger partial charge < -0.3 is 24.6 Å². The molecule has 2 saturated heterocycles. The van der Waals surface area contributed by atoms with E-state index in [0.29, 0.717) is 43.9 Å². The number of carbonyl (C=O) groups excluding carboxylic acids is 4. The van der Waals surface area contributed by atoms with Crippen LogP contribution in [0.1, 0.15) is 31.7 Å². The van der Waals surface area contributed by atoms with Crippen LogP contribution in [0.25, 0.3) is 0 Å². The number of halogens is 1. The molecule has 2 heterocycles. The molecule has 3 rings (SSSR count). The highest BCUT2D eigenvalue weighted by Gasteiger charge is 2.36. The van der Waals surface area contributed by atoms with Crippen molar-refractivity contribution in [3.8, 4) is 0 Å². The molecule has 2 aliphatic rings. The van der Waals surface area contributed by atoms with Crippen LogP contribution in [0.4, 0.5) is 10.1 Å². The van der Waals surface area contributed by atoms with E-state index in [1.807, 2.05) is 4.90 Å². The van der Waals surface area contributed by atoms with Gasteiger partial charge >= 0.3 is 11.9 Å². The van der Waals surface area contributed by atoms with E-state index >= 15 is 0 Å². The van der Waals surface area contributed by atoms with Gasteiger partial charge in [-0.15, -0.1) is 0 Å². The molecule has 0 aromatic heterocycles. The van der Waals surface area contributed by atoms with Crippen LogP contribution in [0.2, 0.25) is 0 Å². The summed E-state index contributed by atoms with van der Waals surface area (Å²) < 4.78 is 24.9. The molecule has 1 N–H and O–H groups in total. The summed E-state index contributed by atoms with van der Waals surface area (Å²) in [4.78, 5) is 49.5. The van der Waals surface area contributed by atoms with Gasteiger partial charge in [0.25, 0.3) is 5.91 Å². The standard InChI is InChI=1S/C21H26FN3O6/c1-13(26)23-11-16-10-17(21(29)31-16)15-3-4-19(18(22)9-15)24-5-7-25(8-6-24)20(28)12-30-14(2)27/h3-4,9,16-17H,5-8,10-12H2,1-2H3,(H,23,26)/t16?,17-/m1/s1. The van der Waals surface area contributed by atoms with Gasteiger partial charge in [-0.1, -0.05) is 6.07 Å². The van der Waals surface area contributed by atoms with Gasteiger partial charge in [0.2, 0.25) is 5.91 Å². The molecule has 1 unspecified atom stereocenters. The first-order chi connectivity index (χ1) is 14.7. The number of rotatable bonds is 6. The summed E-state index contributed by atoms with van der Waals surface area (Å²) in [5, 5.41) is 2.62. The summed E-state index contributed by atoms with van der Waals surface area (Å²) in [5.74, 6) is -2.44. The minimum absolute atomic E-state index is 0.205. The predicted molar refractivity (Wildman–Crippen MR) is 108 cm³/mol. The fraction of sp³-hybridized carbons (Fsp3) is 0.524.